The summed E-state index contributed by atoms with van der Waals surface area (Å²) in [5, 5.41) is 9.40. The van der Waals surface area contributed by atoms with Crippen LogP contribution in [0.15, 0.2) is 83.8 Å². The number of carboxylic acid groups (broad SMARTS) is 1. The molecule has 0 saturated carbocycles. The van der Waals surface area contributed by atoms with Gasteiger partial charge in [-0.05, 0) is 41.0 Å². The van der Waals surface area contributed by atoms with Crippen molar-refractivity contribution in [1.29, 1.82) is 0 Å². The van der Waals surface area contributed by atoms with Crippen molar-refractivity contribution in [2.75, 3.05) is 0 Å². The highest BCUT2D eigenvalue weighted by Gasteiger charge is 2.20. The van der Waals surface area contributed by atoms with E-state index in [9.17, 15) is 18.3 Å². The lowest BCUT2D eigenvalue weighted by Crippen LogP contribution is -2.10. The van der Waals surface area contributed by atoms with Crippen molar-refractivity contribution >= 4 is 15.8 Å². The van der Waals surface area contributed by atoms with Crippen molar-refractivity contribution < 1.29 is 18.3 Å². The Morgan fingerprint density at radius 3 is 2.00 bits per heavy atom. The highest BCUT2D eigenvalue weighted by molar-refractivity contribution is 7.90. The first kappa shape index (κ1) is 16.9. The number of carboxylic acids is 1. The van der Waals surface area contributed by atoms with Gasteiger partial charge in [-0.3, -0.25) is 0 Å². The second kappa shape index (κ2) is 6.91. The molecule has 0 fully saturated rings. The number of benzene rings is 3. The van der Waals surface area contributed by atoms with E-state index < -0.39 is 15.8 Å². The third-order valence-corrected chi connectivity index (χ3v) is 5.57. The minimum Gasteiger partial charge on any atom is -0.478 e. The van der Waals surface area contributed by atoms with Crippen LogP contribution in [-0.2, 0) is 15.6 Å². The number of sulfone groups is 1. The van der Waals surface area contributed by atoms with E-state index >= 15 is 0 Å². The van der Waals surface area contributed by atoms with Gasteiger partial charge in [-0.15, -0.1) is 0 Å². The third-order valence-electron chi connectivity index (χ3n) is 3.89. The predicted octanol–water partition coefficient (Wildman–Crippen LogP) is 4.03. The zero-order valence-corrected chi connectivity index (χ0v) is 14.1. The first-order valence-electron chi connectivity index (χ1n) is 7.67. The van der Waals surface area contributed by atoms with Gasteiger partial charge in [0.05, 0.1) is 16.2 Å². The monoisotopic (exact) mass is 352 g/mol. The van der Waals surface area contributed by atoms with E-state index in [2.05, 4.69) is 0 Å². The lowest BCUT2D eigenvalue weighted by atomic mass is 10.00. The number of rotatable bonds is 5. The summed E-state index contributed by atoms with van der Waals surface area (Å²) < 4.78 is 25.3. The largest absolute Gasteiger partial charge is 0.478 e. The lowest BCUT2D eigenvalue weighted by molar-refractivity contribution is 0.0696. The van der Waals surface area contributed by atoms with E-state index in [4.69, 9.17) is 0 Å². The highest BCUT2D eigenvalue weighted by Crippen LogP contribution is 2.25. The fraction of sp³-hybridized carbons (Fsp3) is 0.0500. The molecular formula is C20H16O4S. The van der Waals surface area contributed by atoms with Crippen molar-refractivity contribution in [1.82, 2.24) is 0 Å². The summed E-state index contributed by atoms with van der Waals surface area (Å²) in [6.07, 6.45) is 0. The average Bonchev–Trinajstić information content (AvgIpc) is 2.62. The Morgan fingerprint density at radius 2 is 1.40 bits per heavy atom. The Hall–Kier alpha value is -2.92. The summed E-state index contributed by atoms with van der Waals surface area (Å²) >= 11 is 0. The molecule has 0 spiro atoms. The smallest absolute Gasteiger partial charge is 0.335 e. The Morgan fingerprint density at radius 1 is 0.800 bits per heavy atom. The van der Waals surface area contributed by atoms with Gasteiger partial charge in [0.1, 0.15) is 0 Å². The molecule has 0 aliphatic carbocycles. The first-order chi connectivity index (χ1) is 12.0. The molecule has 0 bridgehead atoms. The summed E-state index contributed by atoms with van der Waals surface area (Å²) in [6.45, 7) is 0. The Balaban J connectivity index is 2.06. The maximum absolute atomic E-state index is 12.6. The quantitative estimate of drug-likeness (QED) is 0.753. The summed E-state index contributed by atoms with van der Waals surface area (Å²) in [7, 11) is -3.63. The van der Waals surface area contributed by atoms with Gasteiger partial charge in [0.25, 0.3) is 0 Å². The first-order valence-corrected chi connectivity index (χ1v) is 9.32. The predicted molar refractivity (Wildman–Crippen MR) is 96.2 cm³/mol. The molecule has 0 radical (unpaired) electrons. The van der Waals surface area contributed by atoms with Crippen molar-refractivity contribution in [2.24, 2.45) is 0 Å². The normalized spacial score (nSPS) is 11.2. The zero-order valence-electron chi connectivity index (χ0n) is 13.3. The number of hydrogen-bond acceptors (Lipinski definition) is 3. The minimum atomic E-state index is -3.63. The topological polar surface area (TPSA) is 71.4 Å². The summed E-state index contributed by atoms with van der Waals surface area (Å²) in [4.78, 5) is 11.7. The van der Waals surface area contributed by atoms with Gasteiger partial charge in [0.2, 0.25) is 0 Å². The van der Waals surface area contributed by atoms with Crippen LogP contribution in [0.2, 0.25) is 0 Å². The van der Waals surface area contributed by atoms with Crippen molar-refractivity contribution in [3.8, 4) is 11.1 Å². The van der Waals surface area contributed by atoms with E-state index in [-0.39, 0.29) is 21.8 Å². The Labute approximate surface area is 146 Å². The molecule has 0 amide bonds. The van der Waals surface area contributed by atoms with Crippen molar-refractivity contribution in [3.05, 3.63) is 90.0 Å². The molecule has 126 valence electrons. The van der Waals surface area contributed by atoms with Crippen LogP contribution in [0.25, 0.3) is 11.1 Å². The SMILES string of the molecule is O=C(O)c1ccc(-c2ccccc2)cc1CS(=O)(=O)c1ccccc1. The Bertz CT molecular complexity index is 994. The molecule has 3 rings (SSSR count). The van der Waals surface area contributed by atoms with Crippen LogP contribution in [0.1, 0.15) is 15.9 Å². The van der Waals surface area contributed by atoms with Gasteiger partial charge in [0, 0.05) is 0 Å². The highest BCUT2D eigenvalue weighted by atomic mass is 32.2. The maximum atomic E-state index is 12.6. The van der Waals surface area contributed by atoms with Gasteiger partial charge in [-0.25, -0.2) is 13.2 Å². The molecule has 25 heavy (non-hydrogen) atoms. The minimum absolute atomic E-state index is 0.000753. The van der Waals surface area contributed by atoms with Gasteiger partial charge >= 0.3 is 5.97 Å². The summed E-state index contributed by atoms with van der Waals surface area (Å²) in [6, 6.07) is 22.3. The Kier molecular flexibility index (Phi) is 4.67. The molecule has 0 atom stereocenters. The van der Waals surface area contributed by atoms with Crippen LogP contribution in [0.3, 0.4) is 0 Å². The number of carbonyl (C=O) groups is 1. The second-order valence-corrected chi connectivity index (χ2v) is 7.60. The van der Waals surface area contributed by atoms with Crippen LogP contribution in [0, 0.1) is 0 Å². The van der Waals surface area contributed by atoms with Gasteiger partial charge in [0.15, 0.2) is 9.84 Å². The van der Waals surface area contributed by atoms with E-state index in [1.54, 1.807) is 30.3 Å². The molecule has 0 aromatic heterocycles. The lowest BCUT2D eigenvalue weighted by Gasteiger charge is -2.10. The van der Waals surface area contributed by atoms with E-state index in [1.807, 2.05) is 30.3 Å². The summed E-state index contributed by atoms with van der Waals surface area (Å²) in [5.74, 6) is -1.50. The van der Waals surface area contributed by atoms with Crippen molar-refractivity contribution in [3.63, 3.8) is 0 Å². The fourth-order valence-corrected chi connectivity index (χ4v) is 4.03. The van der Waals surface area contributed by atoms with Crippen LogP contribution in [0.5, 0.6) is 0 Å². The maximum Gasteiger partial charge on any atom is 0.335 e. The summed E-state index contributed by atoms with van der Waals surface area (Å²) in [5.41, 5.74) is 1.96. The molecule has 3 aromatic carbocycles. The second-order valence-electron chi connectivity index (χ2n) is 5.62. The van der Waals surface area contributed by atoms with Crippen LogP contribution in [-0.4, -0.2) is 19.5 Å². The molecule has 0 aliphatic heterocycles. The molecule has 5 heteroatoms. The molecule has 3 aromatic rings. The molecule has 0 unspecified atom stereocenters. The number of aromatic carboxylic acids is 1. The molecule has 0 aliphatic rings. The van der Waals surface area contributed by atoms with E-state index in [0.717, 1.165) is 11.1 Å². The molecule has 0 saturated heterocycles. The standard InChI is InChI=1S/C20H16O4S/c21-20(22)19-12-11-16(15-7-3-1-4-8-15)13-17(19)14-25(23,24)18-9-5-2-6-10-18/h1-13H,14H2,(H,21,22). The van der Waals surface area contributed by atoms with Gasteiger partial charge in [-0.1, -0.05) is 54.6 Å². The van der Waals surface area contributed by atoms with E-state index in [1.165, 1.54) is 18.2 Å². The average molecular weight is 352 g/mol. The molecule has 1 N–H and O–H groups in total. The third kappa shape index (κ3) is 3.78. The number of hydrogen-bond donors (Lipinski definition) is 1. The zero-order chi connectivity index (χ0) is 17.9. The van der Waals surface area contributed by atoms with Crippen molar-refractivity contribution in [2.45, 2.75) is 10.6 Å². The van der Waals surface area contributed by atoms with Crippen LogP contribution >= 0.6 is 0 Å². The fourth-order valence-electron chi connectivity index (χ4n) is 2.65. The van der Waals surface area contributed by atoms with Crippen LogP contribution in [0.4, 0.5) is 0 Å². The van der Waals surface area contributed by atoms with Crippen LogP contribution < -0.4 is 0 Å². The van der Waals surface area contributed by atoms with Gasteiger partial charge < -0.3 is 5.11 Å². The molecule has 4 nitrogen and oxygen atoms in total. The molecular weight excluding hydrogens is 336 g/mol. The van der Waals surface area contributed by atoms with E-state index in [0.29, 0.717) is 0 Å². The molecule has 0 heterocycles. The van der Waals surface area contributed by atoms with Gasteiger partial charge in [-0.2, -0.15) is 0 Å².